The van der Waals surface area contributed by atoms with Crippen LogP contribution in [0.25, 0.3) is 21.1 Å². The Balaban J connectivity index is 2.02. The smallest absolute Gasteiger partial charge is 0.151 e. The summed E-state index contributed by atoms with van der Waals surface area (Å²) >= 11 is 1.29. The third kappa shape index (κ3) is 2.28. The molecule has 0 atom stereocenters. The highest BCUT2D eigenvalue weighted by molar-refractivity contribution is 7.18. The molecule has 5 nitrogen and oxygen atoms in total. The largest absolute Gasteiger partial charge is 0.508 e. The molecule has 0 bridgehead atoms. The van der Waals surface area contributed by atoms with Crippen LogP contribution in [0.3, 0.4) is 0 Å². The Morgan fingerprint density at radius 3 is 2.30 bits per heavy atom. The lowest BCUT2D eigenvalue weighted by atomic mass is 10.2. The number of hydrogen-bond acceptors (Lipinski definition) is 6. The van der Waals surface area contributed by atoms with Gasteiger partial charge in [0, 0.05) is 11.6 Å². The summed E-state index contributed by atoms with van der Waals surface area (Å²) in [6.45, 7) is 0. The lowest BCUT2D eigenvalue weighted by molar-refractivity contribution is 0.452. The molecule has 6 heteroatoms. The van der Waals surface area contributed by atoms with Crippen molar-refractivity contribution in [2.45, 2.75) is 0 Å². The Kier molecular flexibility index (Phi) is 3.00. The second-order valence-electron chi connectivity index (χ2n) is 4.16. The van der Waals surface area contributed by atoms with Crippen molar-refractivity contribution in [2.24, 2.45) is 0 Å². The van der Waals surface area contributed by atoms with Crippen molar-refractivity contribution in [1.29, 1.82) is 0 Å². The van der Waals surface area contributed by atoms with Crippen LogP contribution in [-0.4, -0.2) is 25.5 Å². The van der Waals surface area contributed by atoms with Gasteiger partial charge >= 0.3 is 0 Å². The van der Waals surface area contributed by atoms with Gasteiger partial charge in [-0.2, -0.15) is 0 Å². The van der Waals surface area contributed by atoms with E-state index in [1.54, 1.807) is 24.3 Å². The molecule has 0 aliphatic heterocycles. The molecule has 20 heavy (non-hydrogen) atoms. The molecule has 0 radical (unpaired) electrons. The summed E-state index contributed by atoms with van der Waals surface area (Å²) in [5.41, 5.74) is 1.26. The number of phenolic OH excluding ortho intramolecular Hbond substituents is 3. The minimum Gasteiger partial charge on any atom is -0.508 e. The number of hydrogen-bond donors (Lipinski definition) is 3. The van der Waals surface area contributed by atoms with E-state index in [2.05, 4.69) is 10.2 Å². The van der Waals surface area contributed by atoms with E-state index in [4.69, 9.17) is 0 Å². The number of aromatic nitrogens is 2. The molecule has 3 aromatic rings. The van der Waals surface area contributed by atoms with E-state index in [-0.39, 0.29) is 17.2 Å². The first-order chi connectivity index (χ1) is 9.63. The molecule has 3 N–H and O–H groups in total. The summed E-state index contributed by atoms with van der Waals surface area (Å²) in [4.78, 5) is 0. The molecule has 0 saturated heterocycles. The Bertz CT molecular complexity index is 771. The molecule has 0 aliphatic carbocycles. The Morgan fingerprint density at radius 1 is 0.800 bits per heavy atom. The van der Waals surface area contributed by atoms with Gasteiger partial charge < -0.3 is 15.3 Å². The average molecular weight is 286 g/mol. The maximum absolute atomic E-state index is 9.81. The summed E-state index contributed by atoms with van der Waals surface area (Å²) in [7, 11) is 0. The van der Waals surface area contributed by atoms with Gasteiger partial charge in [0.25, 0.3) is 0 Å². The number of benzene rings is 2. The lowest BCUT2D eigenvalue weighted by Gasteiger charge is -2.00. The highest BCUT2D eigenvalue weighted by Gasteiger charge is 2.12. The fourth-order valence-corrected chi connectivity index (χ4v) is 2.66. The van der Waals surface area contributed by atoms with Gasteiger partial charge in [-0.3, -0.25) is 0 Å². The molecule has 0 unspecified atom stereocenters. The van der Waals surface area contributed by atoms with Crippen molar-refractivity contribution < 1.29 is 15.3 Å². The lowest BCUT2D eigenvalue weighted by Crippen LogP contribution is -1.78. The number of nitrogens with zero attached hydrogens (tertiary/aromatic N) is 2. The van der Waals surface area contributed by atoms with Crippen molar-refractivity contribution in [3.63, 3.8) is 0 Å². The predicted octanol–water partition coefficient (Wildman–Crippen LogP) is 2.99. The van der Waals surface area contributed by atoms with Gasteiger partial charge in [0.1, 0.15) is 22.3 Å². The molecular formula is C14H10N2O3S. The van der Waals surface area contributed by atoms with Gasteiger partial charge in [-0.15, -0.1) is 10.2 Å². The fraction of sp³-hybridized carbons (Fsp3) is 0. The first-order valence-corrected chi connectivity index (χ1v) is 6.60. The van der Waals surface area contributed by atoms with E-state index in [0.29, 0.717) is 15.6 Å². The van der Waals surface area contributed by atoms with Gasteiger partial charge in [0.05, 0.1) is 5.56 Å². The molecule has 0 aliphatic rings. The maximum atomic E-state index is 9.81. The first kappa shape index (κ1) is 12.4. The molecule has 0 amide bonds. The first-order valence-electron chi connectivity index (χ1n) is 5.79. The van der Waals surface area contributed by atoms with Gasteiger partial charge in [0.15, 0.2) is 5.01 Å². The highest BCUT2D eigenvalue weighted by atomic mass is 32.1. The van der Waals surface area contributed by atoms with Crippen molar-refractivity contribution in [2.75, 3.05) is 0 Å². The van der Waals surface area contributed by atoms with E-state index in [1.807, 2.05) is 6.07 Å². The molecular weight excluding hydrogens is 276 g/mol. The normalized spacial score (nSPS) is 10.6. The van der Waals surface area contributed by atoms with Crippen LogP contribution in [0.2, 0.25) is 0 Å². The van der Waals surface area contributed by atoms with E-state index < -0.39 is 0 Å². The SMILES string of the molecule is Oc1cccc(-c2nnc(-c3ccc(O)cc3O)s2)c1. The predicted molar refractivity (Wildman–Crippen MR) is 75.8 cm³/mol. The zero-order valence-corrected chi connectivity index (χ0v) is 11.0. The third-order valence-corrected chi connectivity index (χ3v) is 3.74. The minimum atomic E-state index is -0.0522. The zero-order chi connectivity index (χ0) is 14.1. The van der Waals surface area contributed by atoms with Gasteiger partial charge in [-0.25, -0.2) is 0 Å². The molecule has 2 aromatic carbocycles. The summed E-state index contributed by atoms with van der Waals surface area (Å²) in [6, 6.07) is 11.0. The quantitative estimate of drug-likeness (QED) is 0.674. The summed E-state index contributed by atoms with van der Waals surface area (Å²) in [6.07, 6.45) is 0. The molecule has 0 spiro atoms. The van der Waals surface area contributed by atoms with Gasteiger partial charge in [0.2, 0.25) is 0 Å². The molecule has 1 aromatic heterocycles. The van der Waals surface area contributed by atoms with E-state index in [9.17, 15) is 15.3 Å². The zero-order valence-electron chi connectivity index (χ0n) is 10.2. The molecule has 0 saturated carbocycles. The second-order valence-corrected chi connectivity index (χ2v) is 5.14. The number of phenols is 3. The summed E-state index contributed by atoms with van der Waals surface area (Å²) < 4.78 is 0. The van der Waals surface area contributed by atoms with E-state index in [1.165, 1.54) is 23.5 Å². The maximum Gasteiger partial charge on any atom is 0.151 e. The van der Waals surface area contributed by atoms with Gasteiger partial charge in [-0.1, -0.05) is 23.5 Å². The topological polar surface area (TPSA) is 86.5 Å². The molecule has 1 heterocycles. The summed E-state index contributed by atoms with van der Waals surface area (Å²) in [5, 5.41) is 37.8. The molecule has 3 rings (SSSR count). The second kappa shape index (κ2) is 4.82. The van der Waals surface area contributed by atoms with Crippen LogP contribution < -0.4 is 0 Å². The van der Waals surface area contributed by atoms with Crippen molar-refractivity contribution in [3.05, 3.63) is 42.5 Å². The van der Waals surface area contributed by atoms with Crippen LogP contribution >= 0.6 is 11.3 Å². The molecule has 100 valence electrons. The molecule has 0 fully saturated rings. The number of aromatic hydroxyl groups is 3. The van der Waals surface area contributed by atoms with E-state index >= 15 is 0 Å². The van der Waals surface area contributed by atoms with Crippen LogP contribution in [-0.2, 0) is 0 Å². The monoisotopic (exact) mass is 286 g/mol. The Labute approximate surface area is 118 Å². The summed E-state index contributed by atoms with van der Waals surface area (Å²) in [5.74, 6) is 0.0966. The third-order valence-electron chi connectivity index (χ3n) is 2.73. The van der Waals surface area contributed by atoms with Crippen LogP contribution in [0.4, 0.5) is 0 Å². The van der Waals surface area contributed by atoms with Crippen LogP contribution in [0.1, 0.15) is 0 Å². The van der Waals surface area contributed by atoms with Crippen LogP contribution in [0.15, 0.2) is 42.5 Å². The fourth-order valence-electron chi connectivity index (χ4n) is 1.79. The number of rotatable bonds is 2. The Hall–Kier alpha value is -2.60. The average Bonchev–Trinajstić information content (AvgIpc) is 2.88. The minimum absolute atomic E-state index is 0.0102. The standard InChI is InChI=1S/C14H10N2O3S/c17-9-3-1-2-8(6-9)13-15-16-14(20-13)11-5-4-10(18)7-12(11)19/h1-7,17-19H. The van der Waals surface area contributed by atoms with Gasteiger partial charge in [-0.05, 0) is 24.3 Å². The highest BCUT2D eigenvalue weighted by Crippen LogP contribution is 2.36. The van der Waals surface area contributed by atoms with E-state index in [0.717, 1.165) is 5.56 Å². The van der Waals surface area contributed by atoms with Crippen molar-refractivity contribution in [3.8, 4) is 38.4 Å². The van der Waals surface area contributed by atoms with Crippen LogP contribution in [0, 0.1) is 0 Å². The van der Waals surface area contributed by atoms with Crippen molar-refractivity contribution >= 4 is 11.3 Å². The Morgan fingerprint density at radius 2 is 1.55 bits per heavy atom. The van der Waals surface area contributed by atoms with Crippen molar-refractivity contribution in [1.82, 2.24) is 10.2 Å². The van der Waals surface area contributed by atoms with Crippen LogP contribution in [0.5, 0.6) is 17.2 Å².